The molecule has 0 amide bonds. The molecular weight excluding hydrogens is 285 g/mol. The molecule has 0 spiro atoms. The summed E-state index contributed by atoms with van der Waals surface area (Å²) >= 11 is 11.9. The number of rotatable bonds is 2. The number of carbonyl (C=O) groups excluding carboxylic acids is 1. The van der Waals surface area contributed by atoms with Gasteiger partial charge in [-0.3, -0.25) is 9.78 Å². The zero-order valence-corrected chi connectivity index (χ0v) is 11.1. The third kappa shape index (κ3) is 2.23. The minimum atomic E-state index is -0.288. The zero-order chi connectivity index (χ0) is 13.4. The van der Waals surface area contributed by atoms with Gasteiger partial charge >= 0.3 is 0 Å². The van der Waals surface area contributed by atoms with Crippen molar-refractivity contribution in [3.63, 3.8) is 0 Å². The number of carbonyl (C=O) groups is 1. The molecule has 1 aromatic carbocycles. The van der Waals surface area contributed by atoms with E-state index in [1.54, 1.807) is 42.6 Å². The van der Waals surface area contributed by atoms with E-state index in [4.69, 9.17) is 27.6 Å². The van der Waals surface area contributed by atoms with E-state index in [1.165, 1.54) is 0 Å². The van der Waals surface area contributed by atoms with Crippen LogP contribution in [-0.4, -0.2) is 10.8 Å². The van der Waals surface area contributed by atoms with Crippen LogP contribution in [0.4, 0.5) is 0 Å². The maximum Gasteiger partial charge on any atom is 0.246 e. The molecule has 0 aliphatic carbocycles. The number of halogens is 2. The van der Waals surface area contributed by atoms with Crippen LogP contribution in [0.15, 0.2) is 47.0 Å². The summed E-state index contributed by atoms with van der Waals surface area (Å²) in [5, 5.41) is 1.56. The molecule has 0 fully saturated rings. The fourth-order valence-corrected chi connectivity index (χ4v) is 2.36. The second-order valence-corrected chi connectivity index (χ2v) is 4.80. The Balaban J connectivity index is 2.12. The van der Waals surface area contributed by atoms with Crippen LogP contribution in [0.3, 0.4) is 0 Å². The summed E-state index contributed by atoms with van der Waals surface area (Å²) < 4.78 is 5.49. The molecule has 19 heavy (non-hydrogen) atoms. The van der Waals surface area contributed by atoms with Crippen molar-refractivity contribution in [3.8, 4) is 0 Å². The van der Waals surface area contributed by atoms with Crippen LogP contribution in [0.25, 0.3) is 11.0 Å². The zero-order valence-electron chi connectivity index (χ0n) is 9.56. The average molecular weight is 292 g/mol. The number of nitrogens with zero attached hydrogens (tertiary/aromatic N) is 1. The first-order valence-electron chi connectivity index (χ1n) is 5.49. The molecule has 0 atom stereocenters. The topological polar surface area (TPSA) is 43.1 Å². The number of hydrogen-bond acceptors (Lipinski definition) is 3. The molecule has 0 saturated heterocycles. The SMILES string of the molecule is O=C(c1ccccn1)c1cc2cc(Cl)cc(Cl)c2o1. The lowest BCUT2D eigenvalue weighted by atomic mass is 10.2. The predicted molar refractivity (Wildman–Crippen MR) is 73.9 cm³/mol. The molecule has 0 aliphatic heterocycles. The minimum Gasteiger partial charge on any atom is -0.451 e. The number of aromatic nitrogens is 1. The molecule has 3 nitrogen and oxygen atoms in total. The van der Waals surface area contributed by atoms with Crippen molar-refractivity contribution in [2.45, 2.75) is 0 Å². The third-order valence-corrected chi connectivity index (χ3v) is 3.16. The molecule has 3 rings (SSSR count). The predicted octanol–water partition coefficient (Wildman–Crippen LogP) is 4.37. The molecule has 3 aromatic rings. The number of furan rings is 1. The molecule has 0 saturated carbocycles. The normalized spacial score (nSPS) is 10.8. The van der Waals surface area contributed by atoms with Crippen LogP contribution in [0.1, 0.15) is 16.2 Å². The Kier molecular flexibility index (Phi) is 3.01. The Morgan fingerprint density at radius 1 is 1.16 bits per heavy atom. The smallest absolute Gasteiger partial charge is 0.246 e. The first-order valence-corrected chi connectivity index (χ1v) is 6.25. The summed E-state index contributed by atoms with van der Waals surface area (Å²) in [6.07, 6.45) is 1.56. The van der Waals surface area contributed by atoms with Crippen molar-refractivity contribution in [2.75, 3.05) is 0 Å². The maximum atomic E-state index is 12.2. The highest BCUT2D eigenvalue weighted by molar-refractivity contribution is 6.38. The summed E-state index contributed by atoms with van der Waals surface area (Å²) in [5.41, 5.74) is 0.772. The maximum absolute atomic E-state index is 12.2. The fourth-order valence-electron chi connectivity index (χ4n) is 1.81. The molecule has 0 unspecified atom stereocenters. The summed E-state index contributed by atoms with van der Waals surface area (Å²) in [7, 11) is 0. The Bertz CT molecular complexity index is 766. The monoisotopic (exact) mass is 291 g/mol. The Labute approximate surface area is 118 Å². The van der Waals surface area contributed by atoms with E-state index in [0.717, 1.165) is 0 Å². The number of pyridine rings is 1. The third-order valence-electron chi connectivity index (χ3n) is 2.66. The van der Waals surface area contributed by atoms with Crippen LogP contribution in [0, 0.1) is 0 Å². The lowest BCUT2D eigenvalue weighted by molar-refractivity contribution is 0.101. The van der Waals surface area contributed by atoms with Crippen molar-refractivity contribution in [1.29, 1.82) is 0 Å². The molecule has 2 aromatic heterocycles. The Morgan fingerprint density at radius 3 is 2.74 bits per heavy atom. The Hall–Kier alpha value is -1.84. The molecule has 2 heterocycles. The van der Waals surface area contributed by atoms with Crippen LogP contribution < -0.4 is 0 Å². The van der Waals surface area contributed by atoms with Gasteiger partial charge in [-0.05, 0) is 30.3 Å². The van der Waals surface area contributed by atoms with Gasteiger partial charge in [0.2, 0.25) is 5.78 Å². The van der Waals surface area contributed by atoms with Crippen LogP contribution in [0.5, 0.6) is 0 Å². The van der Waals surface area contributed by atoms with Gasteiger partial charge in [0.05, 0.1) is 5.02 Å². The van der Waals surface area contributed by atoms with Gasteiger partial charge in [-0.15, -0.1) is 0 Å². The highest BCUT2D eigenvalue weighted by Gasteiger charge is 2.17. The van der Waals surface area contributed by atoms with Crippen molar-refractivity contribution in [2.24, 2.45) is 0 Å². The molecule has 94 valence electrons. The molecule has 0 aliphatic rings. The summed E-state index contributed by atoms with van der Waals surface area (Å²) in [6.45, 7) is 0. The summed E-state index contributed by atoms with van der Waals surface area (Å²) in [5.74, 6) is -0.0955. The van der Waals surface area contributed by atoms with E-state index in [9.17, 15) is 4.79 Å². The van der Waals surface area contributed by atoms with Gasteiger partial charge < -0.3 is 4.42 Å². The van der Waals surface area contributed by atoms with E-state index < -0.39 is 0 Å². The quantitative estimate of drug-likeness (QED) is 0.659. The molecule has 5 heteroatoms. The second-order valence-electron chi connectivity index (χ2n) is 3.96. The Morgan fingerprint density at radius 2 is 2.00 bits per heavy atom. The first kappa shape index (κ1) is 12.2. The minimum absolute atomic E-state index is 0.192. The lowest BCUT2D eigenvalue weighted by Gasteiger charge is -1.95. The van der Waals surface area contributed by atoms with E-state index in [2.05, 4.69) is 4.98 Å². The molecule has 0 N–H and O–H groups in total. The average Bonchev–Trinajstić information content (AvgIpc) is 2.83. The van der Waals surface area contributed by atoms with Crippen LogP contribution in [-0.2, 0) is 0 Å². The summed E-state index contributed by atoms with van der Waals surface area (Å²) in [6, 6.07) is 10.00. The number of fused-ring (bicyclic) bond motifs is 1. The van der Waals surface area contributed by atoms with Crippen LogP contribution in [0.2, 0.25) is 10.0 Å². The van der Waals surface area contributed by atoms with Crippen molar-refractivity contribution in [1.82, 2.24) is 4.98 Å². The largest absolute Gasteiger partial charge is 0.451 e. The van der Waals surface area contributed by atoms with Gasteiger partial charge in [0.15, 0.2) is 11.3 Å². The van der Waals surface area contributed by atoms with E-state index in [1.807, 2.05) is 0 Å². The van der Waals surface area contributed by atoms with E-state index in [0.29, 0.717) is 26.7 Å². The van der Waals surface area contributed by atoms with E-state index >= 15 is 0 Å². The first-order chi connectivity index (χ1) is 9.15. The van der Waals surface area contributed by atoms with Crippen molar-refractivity contribution >= 4 is 40.0 Å². The molecule has 0 radical (unpaired) electrons. The van der Waals surface area contributed by atoms with Gasteiger partial charge in [-0.2, -0.15) is 0 Å². The summed E-state index contributed by atoms with van der Waals surface area (Å²) in [4.78, 5) is 16.2. The van der Waals surface area contributed by atoms with Gasteiger partial charge in [0, 0.05) is 16.6 Å². The number of hydrogen-bond donors (Lipinski definition) is 0. The van der Waals surface area contributed by atoms with Gasteiger partial charge in [0.25, 0.3) is 0 Å². The van der Waals surface area contributed by atoms with Gasteiger partial charge in [-0.1, -0.05) is 29.3 Å². The highest BCUT2D eigenvalue weighted by atomic mass is 35.5. The standard InChI is InChI=1S/C14H7Cl2NO2/c15-9-5-8-6-12(19-14(8)10(16)7-9)13(18)11-3-1-2-4-17-11/h1-7H. The highest BCUT2D eigenvalue weighted by Crippen LogP contribution is 2.31. The van der Waals surface area contributed by atoms with Crippen molar-refractivity contribution in [3.05, 3.63) is 64.1 Å². The fraction of sp³-hybridized carbons (Fsp3) is 0. The van der Waals surface area contributed by atoms with Crippen LogP contribution >= 0.6 is 23.2 Å². The molecular formula is C14H7Cl2NO2. The molecule has 0 bridgehead atoms. The second kappa shape index (κ2) is 4.68. The van der Waals surface area contributed by atoms with Crippen molar-refractivity contribution < 1.29 is 9.21 Å². The lowest BCUT2D eigenvalue weighted by Crippen LogP contribution is -2.01. The van der Waals surface area contributed by atoms with Gasteiger partial charge in [0.1, 0.15) is 5.69 Å². The number of benzene rings is 1. The number of ketones is 1. The van der Waals surface area contributed by atoms with E-state index in [-0.39, 0.29) is 11.5 Å². The van der Waals surface area contributed by atoms with Gasteiger partial charge in [-0.25, -0.2) is 0 Å².